The molecule has 3 nitrogen and oxygen atoms in total. The molecule has 1 amide bonds. The molecule has 3 heteroatoms. The van der Waals surface area contributed by atoms with E-state index in [1.54, 1.807) is 0 Å². The Labute approximate surface area is 140 Å². The molecule has 0 atom stereocenters. The molecule has 1 aromatic heterocycles. The molecule has 24 heavy (non-hydrogen) atoms. The Morgan fingerprint density at radius 1 is 0.875 bits per heavy atom. The second-order valence-corrected chi connectivity index (χ2v) is 5.84. The van der Waals surface area contributed by atoms with E-state index in [1.165, 1.54) is 0 Å². The van der Waals surface area contributed by atoms with Crippen molar-refractivity contribution in [3.8, 4) is 0 Å². The third-order valence-electron chi connectivity index (χ3n) is 4.10. The predicted molar refractivity (Wildman–Crippen MR) is 98.4 cm³/mol. The van der Waals surface area contributed by atoms with Crippen LogP contribution in [0.1, 0.15) is 16.1 Å². The summed E-state index contributed by atoms with van der Waals surface area (Å²) in [5.41, 5.74) is 3.10. The molecular weight excluding hydrogens is 296 g/mol. The van der Waals surface area contributed by atoms with Crippen molar-refractivity contribution in [3.63, 3.8) is 0 Å². The molecule has 0 saturated heterocycles. The second kappa shape index (κ2) is 5.78. The lowest BCUT2D eigenvalue weighted by atomic mass is 10.1. The number of carbonyl (C=O) groups is 1. The number of rotatable bonds is 2. The second-order valence-electron chi connectivity index (χ2n) is 5.84. The van der Waals surface area contributed by atoms with Gasteiger partial charge in [-0.15, -0.1) is 0 Å². The Hall–Kier alpha value is -3.20. The molecular formula is C21H16N2O. The van der Waals surface area contributed by atoms with Gasteiger partial charge in [0.2, 0.25) is 0 Å². The first-order valence-electron chi connectivity index (χ1n) is 7.87. The largest absolute Gasteiger partial charge is 0.322 e. The minimum atomic E-state index is -0.119. The molecule has 3 aromatic carbocycles. The number of nitrogens with zero attached hydrogens (tertiary/aromatic N) is 1. The minimum Gasteiger partial charge on any atom is -0.322 e. The zero-order chi connectivity index (χ0) is 16.5. The first-order valence-corrected chi connectivity index (χ1v) is 7.87. The highest BCUT2D eigenvalue weighted by atomic mass is 16.1. The minimum absolute atomic E-state index is 0.119. The number of anilines is 1. The van der Waals surface area contributed by atoms with E-state index >= 15 is 0 Å². The molecule has 0 fully saturated rings. The lowest BCUT2D eigenvalue weighted by molar-refractivity contribution is 0.102. The fourth-order valence-corrected chi connectivity index (χ4v) is 2.96. The summed E-state index contributed by atoms with van der Waals surface area (Å²) in [6.07, 6.45) is 0. The monoisotopic (exact) mass is 312 g/mol. The van der Waals surface area contributed by atoms with Gasteiger partial charge in [0.25, 0.3) is 5.91 Å². The van der Waals surface area contributed by atoms with Crippen LogP contribution in [0.15, 0.2) is 72.8 Å². The van der Waals surface area contributed by atoms with Crippen LogP contribution in [0, 0.1) is 6.92 Å². The Bertz CT molecular complexity index is 1070. The molecule has 1 N–H and O–H groups in total. The Morgan fingerprint density at radius 2 is 1.62 bits per heavy atom. The highest BCUT2D eigenvalue weighted by Gasteiger charge is 2.12. The molecule has 0 unspecified atom stereocenters. The molecule has 0 aliphatic heterocycles. The fourth-order valence-electron chi connectivity index (χ4n) is 2.96. The van der Waals surface area contributed by atoms with E-state index in [1.807, 2.05) is 73.7 Å². The van der Waals surface area contributed by atoms with Crippen LogP contribution in [-0.2, 0) is 0 Å². The van der Waals surface area contributed by atoms with Crippen molar-refractivity contribution in [2.75, 3.05) is 5.32 Å². The van der Waals surface area contributed by atoms with Gasteiger partial charge in [-0.05, 0) is 42.0 Å². The van der Waals surface area contributed by atoms with Crippen LogP contribution in [0.5, 0.6) is 0 Å². The van der Waals surface area contributed by atoms with Gasteiger partial charge in [0.05, 0.1) is 11.1 Å². The summed E-state index contributed by atoms with van der Waals surface area (Å²) in [7, 11) is 0. The Morgan fingerprint density at radius 3 is 2.50 bits per heavy atom. The van der Waals surface area contributed by atoms with E-state index in [2.05, 4.69) is 16.4 Å². The Balaban J connectivity index is 1.73. The van der Waals surface area contributed by atoms with Gasteiger partial charge in [0, 0.05) is 16.8 Å². The topological polar surface area (TPSA) is 42.0 Å². The smallest absolute Gasteiger partial charge is 0.256 e. The van der Waals surface area contributed by atoms with Gasteiger partial charge in [0.15, 0.2) is 0 Å². The van der Waals surface area contributed by atoms with Crippen molar-refractivity contribution < 1.29 is 4.79 Å². The van der Waals surface area contributed by atoms with Crippen molar-refractivity contribution in [3.05, 3.63) is 84.1 Å². The molecule has 1 heterocycles. The molecule has 4 rings (SSSR count). The normalized spacial score (nSPS) is 10.9. The molecule has 0 saturated carbocycles. The summed E-state index contributed by atoms with van der Waals surface area (Å²) in [4.78, 5) is 17.3. The highest BCUT2D eigenvalue weighted by molar-refractivity contribution is 6.12. The van der Waals surface area contributed by atoms with Gasteiger partial charge in [0.1, 0.15) is 0 Å². The number of nitrogens with one attached hydrogen (secondary N) is 1. The Kier molecular flexibility index (Phi) is 3.47. The number of benzene rings is 3. The van der Waals surface area contributed by atoms with Crippen LogP contribution in [0.3, 0.4) is 0 Å². The van der Waals surface area contributed by atoms with Crippen molar-refractivity contribution in [2.24, 2.45) is 0 Å². The number of aromatic nitrogens is 1. The van der Waals surface area contributed by atoms with Crippen molar-refractivity contribution in [1.82, 2.24) is 4.98 Å². The first-order chi connectivity index (χ1) is 11.7. The van der Waals surface area contributed by atoms with E-state index in [-0.39, 0.29) is 5.91 Å². The molecule has 0 aliphatic carbocycles. The molecule has 0 bridgehead atoms. The van der Waals surface area contributed by atoms with E-state index < -0.39 is 0 Å². The number of hydrogen-bond donors (Lipinski definition) is 1. The van der Waals surface area contributed by atoms with E-state index in [9.17, 15) is 4.79 Å². The summed E-state index contributed by atoms with van der Waals surface area (Å²) >= 11 is 0. The van der Waals surface area contributed by atoms with Crippen LogP contribution in [0.25, 0.3) is 21.7 Å². The predicted octanol–water partition coefficient (Wildman–Crippen LogP) is 4.95. The van der Waals surface area contributed by atoms with Crippen molar-refractivity contribution in [2.45, 2.75) is 6.92 Å². The number of para-hydroxylation sites is 1. The third-order valence-corrected chi connectivity index (χ3v) is 4.10. The summed E-state index contributed by atoms with van der Waals surface area (Å²) < 4.78 is 0. The van der Waals surface area contributed by atoms with Crippen molar-refractivity contribution >= 4 is 33.3 Å². The van der Waals surface area contributed by atoms with E-state index in [0.29, 0.717) is 5.56 Å². The molecule has 0 aliphatic rings. The van der Waals surface area contributed by atoms with Crippen LogP contribution in [-0.4, -0.2) is 10.9 Å². The third kappa shape index (κ3) is 2.61. The number of carbonyl (C=O) groups excluding carboxylic acids is 1. The van der Waals surface area contributed by atoms with Gasteiger partial charge in [-0.3, -0.25) is 9.78 Å². The van der Waals surface area contributed by atoms with Gasteiger partial charge < -0.3 is 5.32 Å². The van der Waals surface area contributed by atoms with Gasteiger partial charge in [-0.1, -0.05) is 48.5 Å². The van der Waals surface area contributed by atoms with Crippen LogP contribution >= 0.6 is 0 Å². The van der Waals surface area contributed by atoms with Crippen LogP contribution in [0.4, 0.5) is 5.69 Å². The zero-order valence-corrected chi connectivity index (χ0v) is 13.3. The van der Waals surface area contributed by atoms with Gasteiger partial charge >= 0.3 is 0 Å². The standard InChI is InChI=1S/C21H16N2O/c1-14-12-19(18-8-4-5-9-20(18)22-14)21(24)23-17-11-10-15-6-2-3-7-16(15)13-17/h2-13H,1H3,(H,23,24). The quantitative estimate of drug-likeness (QED) is 0.569. The highest BCUT2D eigenvalue weighted by Crippen LogP contribution is 2.22. The lowest BCUT2D eigenvalue weighted by Crippen LogP contribution is -2.13. The van der Waals surface area contributed by atoms with Gasteiger partial charge in [-0.25, -0.2) is 0 Å². The molecule has 116 valence electrons. The fraction of sp³-hybridized carbons (Fsp3) is 0.0476. The summed E-state index contributed by atoms with van der Waals surface area (Å²) in [6.45, 7) is 1.90. The first kappa shape index (κ1) is 14.4. The maximum absolute atomic E-state index is 12.8. The van der Waals surface area contributed by atoms with Crippen LogP contribution in [0.2, 0.25) is 0 Å². The van der Waals surface area contributed by atoms with E-state index in [0.717, 1.165) is 33.1 Å². The average Bonchev–Trinajstić information content (AvgIpc) is 2.60. The summed E-state index contributed by atoms with van der Waals surface area (Å²) in [5, 5.41) is 6.12. The van der Waals surface area contributed by atoms with Crippen molar-refractivity contribution in [1.29, 1.82) is 0 Å². The molecule has 4 aromatic rings. The molecule has 0 radical (unpaired) electrons. The number of fused-ring (bicyclic) bond motifs is 2. The zero-order valence-electron chi connectivity index (χ0n) is 13.3. The maximum Gasteiger partial charge on any atom is 0.256 e. The number of aryl methyl sites for hydroxylation is 1. The number of hydrogen-bond acceptors (Lipinski definition) is 2. The number of pyridine rings is 1. The average molecular weight is 312 g/mol. The maximum atomic E-state index is 12.8. The van der Waals surface area contributed by atoms with Gasteiger partial charge in [-0.2, -0.15) is 0 Å². The number of amides is 1. The summed E-state index contributed by atoms with van der Waals surface area (Å²) in [6, 6.07) is 23.6. The molecule has 0 spiro atoms. The lowest BCUT2D eigenvalue weighted by Gasteiger charge is -2.10. The van der Waals surface area contributed by atoms with E-state index in [4.69, 9.17) is 0 Å². The summed E-state index contributed by atoms with van der Waals surface area (Å²) in [5.74, 6) is -0.119. The van der Waals surface area contributed by atoms with Crippen LogP contribution < -0.4 is 5.32 Å². The SMILES string of the molecule is Cc1cc(C(=O)Nc2ccc3ccccc3c2)c2ccccc2n1.